The van der Waals surface area contributed by atoms with Gasteiger partial charge in [-0.25, -0.2) is 0 Å². The van der Waals surface area contributed by atoms with Crippen molar-refractivity contribution < 1.29 is 23.9 Å². The molecule has 0 amide bonds. The fourth-order valence-corrected chi connectivity index (χ4v) is 2.25. The van der Waals surface area contributed by atoms with Gasteiger partial charge in [-0.3, -0.25) is 14.4 Å². The van der Waals surface area contributed by atoms with Crippen LogP contribution in [0, 0.1) is 0 Å². The molecule has 1 atom stereocenters. The normalized spacial score (nSPS) is 11.5. The van der Waals surface area contributed by atoms with Gasteiger partial charge in [0.15, 0.2) is 0 Å². The molecule has 1 rings (SSSR count). The monoisotopic (exact) mass is 282 g/mol. The molecule has 0 N–H and O–H groups in total. The molecule has 0 aliphatic carbocycles. The minimum atomic E-state index is -0.898. The maximum absolute atomic E-state index is 11.9. The Balaban J connectivity index is 2.74. The Hall–Kier alpha value is -1.82. The molecule has 0 saturated carbocycles. The Morgan fingerprint density at radius 2 is 1.74 bits per heavy atom. The molecule has 0 saturated heterocycles. The third kappa shape index (κ3) is 4.75. The molecular formula is C13H14O5S. The summed E-state index contributed by atoms with van der Waals surface area (Å²) in [4.78, 5) is 34.7. The van der Waals surface area contributed by atoms with Gasteiger partial charge >= 0.3 is 11.9 Å². The van der Waals surface area contributed by atoms with Crippen molar-refractivity contribution in [1.82, 2.24) is 0 Å². The number of esters is 2. The summed E-state index contributed by atoms with van der Waals surface area (Å²) in [5.41, 5.74) is 0.464. The number of hydrogen-bond donors (Lipinski definition) is 0. The summed E-state index contributed by atoms with van der Waals surface area (Å²) < 4.78 is 9.07. The van der Waals surface area contributed by atoms with Gasteiger partial charge in [-0.15, -0.1) is 0 Å². The summed E-state index contributed by atoms with van der Waals surface area (Å²) in [6, 6.07) is 8.51. The van der Waals surface area contributed by atoms with Gasteiger partial charge in [0.2, 0.25) is 5.12 Å². The van der Waals surface area contributed by atoms with Crippen LogP contribution < -0.4 is 0 Å². The Bertz CT molecular complexity index is 457. The minimum Gasteiger partial charge on any atom is -0.469 e. The molecule has 1 aromatic rings. The average Bonchev–Trinajstić information content (AvgIpc) is 2.46. The number of ether oxygens (including phenoxy) is 2. The van der Waals surface area contributed by atoms with Crippen molar-refractivity contribution in [2.45, 2.75) is 11.7 Å². The molecule has 0 bridgehead atoms. The number of hydrogen-bond acceptors (Lipinski definition) is 6. The van der Waals surface area contributed by atoms with E-state index in [-0.39, 0.29) is 11.5 Å². The van der Waals surface area contributed by atoms with Gasteiger partial charge in [0, 0.05) is 5.56 Å². The highest BCUT2D eigenvalue weighted by Gasteiger charge is 2.27. The fraction of sp³-hybridized carbons (Fsp3) is 0.308. The maximum atomic E-state index is 11.9. The van der Waals surface area contributed by atoms with Crippen molar-refractivity contribution in [3.63, 3.8) is 0 Å². The first kappa shape index (κ1) is 15.2. The second-order valence-electron chi connectivity index (χ2n) is 3.56. The van der Waals surface area contributed by atoms with E-state index in [9.17, 15) is 14.4 Å². The summed E-state index contributed by atoms with van der Waals surface area (Å²) in [5, 5.41) is -1.19. The van der Waals surface area contributed by atoms with Crippen LogP contribution in [0.5, 0.6) is 0 Å². The van der Waals surface area contributed by atoms with E-state index in [2.05, 4.69) is 9.47 Å². The number of rotatable bonds is 5. The van der Waals surface area contributed by atoms with Crippen LogP contribution >= 0.6 is 11.8 Å². The number of benzene rings is 1. The van der Waals surface area contributed by atoms with Crippen molar-refractivity contribution in [2.75, 3.05) is 14.2 Å². The minimum absolute atomic E-state index is 0.202. The molecule has 102 valence electrons. The third-order valence-corrected chi connectivity index (χ3v) is 3.40. The van der Waals surface area contributed by atoms with Gasteiger partial charge < -0.3 is 9.47 Å². The zero-order chi connectivity index (χ0) is 14.3. The summed E-state index contributed by atoms with van der Waals surface area (Å²) in [6.07, 6.45) is -0.202. The largest absolute Gasteiger partial charge is 0.469 e. The van der Waals surface area contributed by atoms with Crippen LogP contribution in [0.1, 0.15) is 16.8 Å². The van der Waals surface area contributed by atoms with Crippen LogP contribution in [0.3, 0.4) is 0 Å². The van der Waals surface area contributed by atoms with E-state index < -0.39 is 17.2 Å². The molecule has 19 heavy (non-hydrogen) atoms. The van der Waals surface area contributed by atoms with E-state index >= 15 is 0 Å². The van der Waals surface area contributed by atoms with Crippen molar-refractivity contribution in [3.05, 3.63) is 35.9 Å². The smallest absolute Gasteiger partial charge is 0.319 e. The molecule has 1 unspecified atom stereocenters. The van der Waals surface area contributed by atoms with E-state index in [0.29, 0.717) is 5.56 Å². The van der Waals surface area contributed by atoms with E-state index in [0.717, 1.165) is 11.8 Å². The second-order valence-corrected chi connectivity index (χ2v) is 4.74. The lowest BCUT2D eigenvalue weighted by Crippen LogP contribution is -2.24. The van der Waals surface area contributed by atoms with E-state index in [1.165, 1.54) is 14.2 Å². The Kier molecular flexibility index (Phi) is 6.08. The van der Waals surface area contributed by atoms with E-state index in [4.69, 9.17) is 0 Å². The summed E-state index contributed by atoms with van der Waals surface area (Å²) in [7, 11) is 2.43. The molecule has 0 fully saturated rings. The quantitative estimate of drug-likeness (QED) is 0.765. The van der Waals surface area contributed by atoms with Crippen LogP contribution in [-0.4, -0.2) is 36.5 Å². The van der Waals surface area contributed by atoms with Gasteiger partial charge in [0.05, 0.1) is 20.6 Å². The molecule has 0 aliphatic rings. The Morgan fingerprint density at radius 1 is 1.11 bits per heavy atom. The van der Waals surface area contributed by atoms with Crippen LogP contribution in [0.15, 0.2) is 30.3 Å². The van der Waals surface area contributed by atoms with Crippen LogP contribution in [0.25, 0.3) is 0 Å². The first-order valence-electron chi connectivity index (χ1n) is 5.49. The molecule has 6 heteroatoms. The Morgan fingerprint density at radius 3 is 2.26 bits per heavy atom. The number of carbonyl (C=O) groups excluding carboxylic acids is 3. The van der Waals surface area contributed by atoms with Crippen LogP contribution in [-0.2, 0) is 19.1 Å². The lowest BCUT2D eigenvalue weighted by molar-refractivity contribution is -0.146. The zero-order valence-electron chi connectivity index (χ0n) is 10.6. The second kappa shape index (κ2) is 7.58. The van der Waals surface area contributed by atoms with Crippen molar-refractivity contribution in [3.8, 4) is 0 Å². The molecule has 5 nitrogen and oxygen atoms in total. The molecule has 0 heterocycles. The molecule has 0 aliphatic heterocycles. The Labute approximate surface area is 115 Å². The third-order valence-electron chi connectivity index (χ3n) is 2.30. The van der Waals surface area contributed by atoms with E-state index in [1.807, 2.05) is 0 Å². The lowest BCUT2D eigenvalue weighted by Gasteiger charge is -2.11. The van der Waals surface area contributed by atoms with Gasteiger partial charge in [-0.05, 0) is 0 Å². The first-order valence-corrected chi connectivity index (χ1v) is 6.37. The van der Waals surface area contributed by atoms with Gasteiger partial charge in [0.25, 0.3) is 0 Å². The van der Waals surface area contributed by atoms with Gasteiger partial charge in [-0.2, -0.15) is 0 Å². The maximum Gasteiger partial charge on any atom is 0.319 e. The zero-order valence-corrected chi connectivity index (χ0v) is 11.4. The number of methoxy groups -OCH3 is 2. The van der Waals surface area contributed by atoms with Gasteiger partial charge in [0.1, 0.15) is 5.25 Å². The molecular weight excluding hydrogens is 268 g/mol. The highest BCUT2D eigenvalue weighted by atomic mass is 32.2. The van der Waals surface area contributed by atoms with Crippen LogP contribution in [0.4, 0.5) is 0 Å². The first-order chi connectivity index (χ1) is 9.08. The number of carbonyl (C=O) groups is 3. The highest BCUT2D eigenvalue weighted by Crippen LogP contribution is 2.22. The summed E-state index contributed by atoms with van der Waals surface area (Å²) in [5.74, 6) is -1.19. The van der Waals surface area contributed by atoms with Crippen molar-refractivity contribution in [2.24, 2.45) is 0 Å². The molecule has 0 spiro atoms. The predicted octanol–water partition coefficient (Wildman–Crippen LogP) is 1.66. The predicted molar refractivity (Wildman–Crippen MR) is 70.8 cm³/mol. The molecule has 1 aromatic carbocycles. The van der Waals surface area contributed by atoms with Crippen LogP contribution in [0.2, 0.25) is 0 Å². The topological polar surface area (TPSA) is 69.7 Å². The van der Waals surface area contributed by atoms with Gasteiger partial charge in [-0.1, -0.05) is 42.1 Å². The van der Waals surface area contributed by atoms with E-state index in [1.54, 1.807) is 30.3 Å². The summed E-state index contributed by atoms with van der Waals surface area (Å²) in [6.45, 7) is 0. The summed E-state index contributed by atoms with van der Waals surface area (Å²) >= 11 is 0.760. The van der Waals surface area contributed by atoms with Crippen molar-refractivity contribution in [1.29, 1.82) is 0 Å². The van der Waals surface area contributed by atoms with Crippen molar-refractivity contribution >= 4 is 28.8 Å². The lowest BCUT2D eigenvalue weighted by atomic mass is 10.2. The SMILES string of the molecule is COC(=O)CC(SC(=O)c1ccccc1)C(=O)OC. The fourth-order valence-electron chi connectivity index (χ4n) is 1.31. The molecule has 0 radical (unpaired) electrons. The standard InChI is InChI=1S/C13H14O5S/c1-17-11(14)8-10(12(15)18-2)19-13(16)9-6-4-3-5-7-9/h3-7,10H,8H2,1-2H3. The number of thioether (sulfide) groups is 1. The average molecular weight is 282 g/mol. The highest BCUT2D eigenvalue weighted by molar-refractivity contribution is 8.15. The molecule has 0 aromatic heterocycles.